The number of thioether (sulfide) groups is 1. The first-order chi connectivity index (χ1) is 13.3. The number of hydrogen-bond donors (Lipinski definition) is 1. The molecule has 2 aromatic rings. The Morgan fingerprint density at radius 1 is 1.29 bits per heavy atom. The lowest BCUT2D eigenvalue weighted by atomic mass is 10.3. The van der Waals surface area contributed by atoms with Crippen LogP contribution in [0.5, 0.6) is 0 Å². The van der Waals surface area contributed by atoms with E-state index in [-0.39, 0.29) is 16.6 Å². The third-order valence-corrected chi connectivity index (χ3v) is 7.08. The van der Waals surface area contributed by atoms with Crippen molar-refractivity contribution in [3.63, 3.8) is 0 Å². The molecule has 0 bridgehead atoms. The number of aryl methyl sites for hydroxylation is 1. The van der Waals surface area contributed by atoms with Crippen LogP contribution in [0.4, 0.5) is 5.69 Å². The molecule has 0 aliphatic carbocycles. The standard InChI is InChI=1S/C17H23N5O4S2/c1-13-18-16(20-26-13)11-27-12-17(23)19-14-4-3-5-15(10-14)28(24,25)22-8-6-21(2)7-9-22/h3-5,10H,6-9,11-12H2,1-2H3,(H,19,23). The second-order valence-corrected chi connectivity index (χ2v) is 9.43. The normalized spacial score (nSPS) is 16.2. The average molecular weight is 426 g/mol. The summed E-state index contributed by atoms with van der Waals surface area (Å²) in [4.78, 5) is 18.5. The van der Waals surface area contributed by atoms with Crippen molar-refractivity contribution in [1.82, 2.24) is 19.3 Å². The van der Waals surface area contributed by atoms with E-state index in [2.05, 4.69) is 20.4 Å². The Balaban J connectivity index is 1.57. The first-order valence-corrected chi connectivity index (χ1v) is 11.4. The van der Waals surface area contributed by atoms with Crippen LogP contribution in [0, 0.1) is 6.92 Å². The summed E-state index contributed by atoms with van der Waals surface area (Å²) in [6, 6.07) is 6.36. The molecule has 3 rings (SSSR count). The molecule has 11 heteroatoms. The molecule has 1 amide bonds. The van der Waals surface area contributed by atoms with Crippen molar-refractivity contribution in [2.75, 3.05) is 44.3 Å². The van der Waals surface area contributed by atoms with Crippen LogP contribution in [0.15, 0.2) is 33.7 Å². The zero-order valence-corrected chi connectivity index (χ0v) is 17.4. The van der Waals surface area contributed by atoms with Gasteiger partial charge in [0.25, 0.3) is 0 Å². The maximum absolute atomic E-state index is 12.8. The van der Waals surface area contributed by atoms with Crippen LogP contribution in [0.2, 0.25) is 0 Å². The largest absolute Gasteiger partial charge is 0.340 e. The molecule has 0 unspecified atom stereocenters. The van der Waals surface area contributed by atoms with Crippen molar-refractivity contribution in [1.29, 1.82) is 0 Å². The third-order valence-electron chi connectivity index (χ3n) is 4.25. The van der Waals surface area contributed by atoms with Gasteiger partial charge in [-0.25, -0.2) is 8.42 Å². The predicted molar refractivity (Wildman–Crippen MR) is 107 cm³/mol. The molecule has 2 heterocycles. The quantitative estimate of drug-likeness (QED) is 0.705. The number of rotatable bonds is 7. The maximum atomic E-state index is 12.8. The van der Waals surface area contributed by atoms with E-state index in [1.165, 1.54) is 22.1 Å². The van der Waals surface area contributed by atoms with Gasteiger partial charge in [0.1, 0.15) is 0 Å². The average Bonchev–Trinajstić information content (AvgIpc) is 3.07. The van der Waals surface area contributed by atoms with Crippen molar-refractivity contribution in [3.8, 4) is 0 Å². The zero-order chi connectivity index (χ0) is 20.1. The van der Waals surface area contributed by atoms with Crippen molar-refractivity contribution in [2.45, 2.75) is 17.6 Å². The summed E-state index contributed by atoms with van der Waals surface area (Å²) in [5, 5.41) is 6.51. The third kappa shape index (κ3) is 5.31. The Labute approximate surface area is 168 Å². The minimum Gasteiger partial charge on any atom is -0.340 e. The maximum Gasteiger partial charge on any atom is 0.243 e. The molecule has 1 saturated heterocycles. The fourth-order valence-electron chi connectivity index (χ4n) is 2.74. The van der Waals surface area contributed by atoms with Gasteiger partial charge in [-0.1, -0.05) is 11.2 Å². The molecular weight excluding hydrogens is 402 g/mol. The highest BCUT2D eigenvalue weighted by Gasteiger charge is 2.27. The van der Waals surface area contributed by atoms with E-state index in [0.29, 0.717) is 49.3 Å². The monoisotopic (exact) mass is 425 g/mol. The van der Waals surface area contributed by atoms with Crippen LogP contribution in [-0.4, -0.2) is 72.7 Å². The van der Waals surface area contributed by atoms with Crippen molar-refractivity contribution in [2.24, 2.45) is 0 Å². The number of aromatic nitrogens is 2. The number of amides is 1. The minimum absolute atomic E-state index is 0.185. The summed E-state index contributed by atoms with van der Waals surface area (Å²) in [5.74, 6) is 1.46. The lowest BCUT2D eigenvalue weighted by Gasteiger charge is -2.31. The van der Waals surface area contributed by atoms with Gasteiger partial charge in [-0.3, -0.25) is 4.79 Å². The number of nitrogens with zero attached hydrogens (tertiary/aromatic N) is 4. The van der Waals surface area contributed by atoms with E-state index in [0.717, 1.165) is 0 Å². The summed E-state index contributed by atoms with van der Waals surface area (Å²) in [5.41, 5.74) is 0.455. The van der Waals surface area contributed by atoms with Crippen LogP contribution in [0.25, 0.3) is 0 Å². The lowest BCUT2D eigenvalue weighted by molar-refractivity contribution is -0.113. The second kappa shape index (κ2) is 9.03. The SMILES string of the molecule is Cc1nc(CSCC(=O)Nc2cccc(S(=O)(=O)N3CCN(C)CC3)c2)no1. The van der Waals surface area contributed by atoms with Gasteiger partial charge in [-0.05, 0) is 25.2 Å². The van der Waals surface area contributed by atoms with E-state index in [1.54, 1.807) is 25.1 Å². The first kappa shape index (κ1) is 20.8. The van der Waals surface area contributed by atoms with Gasteiger partial charge in [0.05, 0.1) is 16.4 Å². The highest BCUT2D eigenvalue weighted by molar-refractivity contribution is 7.99. The predicted octanol–water partition coefficient (Wildman–Crippen LogP) is 1.19. The first-order valence-electron chi connectivity index (χ1n) is 8.80. The zero-order valence-electron chi connectivity index (χ0n) is 15.8. The molecule has 0 atom stereocenters. The Kier molecular flexibility index (Phi) is 6.70. The van der Waals surface area contributed by atoms with Gasteiger partial charge < -0.3 is 14.7 Å². The van der Waals surface area contributed by atoms with E-state index in [4.69, 9.17) is 4.52 Å². The Morgan fingerprint density at radius 3 is 2.71 bits per heavy atom. The van der Waals surface area contributed by atoms with Crippen LogP contribution in [0.1, 0.15) is 11.7 Å². The van der Waals surface area contributed by atoms with Crippen LogP contribution >= 0.6 is 11.8 Å². The van der Waals surface area contributed by atoms with Crippen LogP contribution < -0.4 is 5.32 Å². The van der Waals surface area contributed by atoms with Crippen molar-refractivity contribution < 1.29 is 17.7 Å². The lowest BCUT2D eigenvalue weighted by Crippen LogP contribution is -2.47. The highest BCUT2D eigenvalue weighted by Crippen LogP contribution is 2.21. The summed E-state index contributed by atoms with van der Waals surface area (Å²) in [6.07, 6.45) is 0. The summed E-state index contributed by atoms with van der Waals surface area (Å²) in [6.45, 7) is 4.03. The van der Waals surface area contributed by atoms with Gasteiger partial charge in [0.2, 0.25) is 21.8 Å². The summed E-state index contributed by atoms with van der Waals surface area (Å²) in [7, 11) is -1.60. The number of piperazine rings is 1. The fourth-order valence-corrected chi connectivity index (χ4v) is 4.87. The molecule has 1 aliphatic rings. The van der Waals surface area contributed by atoms with Crippen molar-refractivity contribution >= 4 is 33.4 Å². The molecule has 1 aliphatic heterocycles. The molecule has 1 fully saturated rings. The summed E-state index contributed by atoms with van der Waals surface area (Å²) < 4.78 is 32.0. The Hall–Kier alpha value is -1.95. The van der Waals surface area contributed by atoms with Gasteiger partial charge >= 0.3 is 0 Å². The number of likely N-dealkylation sites (N-methyl/N-ethyl adjacent to an activating group) is 1. The molecule has 1 aromatic carbocycles. The number of hydrogen-bond acceptors (Lipinski definition) is 8. The van der Waals surface area contributed by atoms with E-state index in [1.807, 2.05) is 7.05 Å². The number of sulfonamides is 1. The fraction of sp³-hybridized carbons (Fsp3) is 0.471. The molecular formula is C17H23N5O4S2. The number of nitrogens with one attached hydrogen (secondary N) is 1. The molecule has 9 nitrogen and oxygen atoms in total. The molecule has 0 spiro atoms. The number of anilines is 1. The molecule has 0 saturated carbocycles. The highest BCUT2D eigenvalue weighted by atomic mass is 32.2. The molecule has 1 N–H and O–H groups in total. The molecule has 1 aromatic heterocycles. The Morgan fingerprint density at radius 2 is 2.04 bits per heavy atom. The smallest absolute Gasteiger partial charge is 0.243 e. The van der Waals surface area contributed by atoms with Gasteiger partial charge in [0.15, 0.2) is 5.82 Å². The Bertz CT molecular complexity index is 923. The van der Waals surface area contributed by atoms with Gasteiger partial charge in [-0.15, -0.1) is 11.8 Å². The number of carbonyl (C=O) groups excluding carboxylic acids is 1. The molecule has 0 radical (unpaired) electrons. The van der Waals surface area contributed by atoms with Gasteiger partial charge in [0, 0.05) is 38.8 Å². The molecule has 28 heavy (non-hydrogen) atoms. The second-order valence-electron chi connectivity index (χ2n) is 6.51. The topological polar surface area (TPSA) is 109 Å². The van der Waals surface area contributed by atoms with Crippen LogP contribution in [-0.2, 0) is 20.6 Å². The molecule has 152 valence electrons. The van der Waals surface area contributed by atoms with E-state index >= 15 is 0 Å². The van der Waals surface area contributed by atoms with E-state index < -0.39 is 10.0 Å². The minimum atomic E-state index is -3.57. The van der Waals surface area contributed by atoms with Crippen molar-refractivity contribution in [3.05, 3.63) is 36.0 Å². The summed E-state index contributed by atoms with van der Waals surface area (Å²) >= 11 is 1.35. The van der Waals surface area contributed by atoms with Gasteiger partial charge in [-0.2, -0.15) is 9.29 Å². The number of carbonyl (C=O) groups is 1. The number of benzene rings is 1. The van der Waals surface area contributed by atoms with Crippen LogP contribution in [0.3, 0.4) is 0 Å². The van der Waals surface area contributed by atoms with E-state index in [9.17, 15) is 13.2 Å².